The van der Waals surface area contributed by atoms with Gasteiger partial charge < -0.3 is 5.32 Å². The minimum Gasteiger partial charge on any atom is -0.326 e. The Morgan fingerprint density at radius 1 is 1.26 bits per heavy atom. The zero-order valence-corrected chi connectivity index (χ0v) is 13.7. The summed E-state index contributed by atoms with van der Waals surface area (Å²) < 4.78 is 0. The van der Waals surface area contributed by atoms with Gasteiger partial charge in [0.25, 0.3) is 0 Å². The zero-order chi connectivity index (χ0) is 14.3. The number of benzene rings is 1. The smallest absolute Gasteiger partial charge is 0.224 e. The van der Waals surface area contributed by atoms with Gasteiger partial charge in [-0.25, -0.2) is 0 Å². The third-order valence-electron chi connectivity index (χ3n) is 3.15. The van der Waals surface area contributed by atoms with Gasteiger partial charge in [-0.1, -0.05) is 55.3 Å². The number of hydrogen-bond donors (Lipinski definition) is 1. The minimum atomic E-state index is 0.107. The van der Waals surface area contributed by atoms with Crippen LogP contribution in [-0.4, -0.2) is 10.7 Å². The van der Waals surface area contributed by atoms with E-state index in [-0.39, 0.29) is 5.91 Å². The number of nitrogens with one attached hydrogen (secondary N) is 1. The lowest BCUT2D eigenvalue weighted by molar-refractivity contribution is -0.116. The molecule has 0 aromatic heterocycles. The molecule has 0 radical (unpaired) electrons. The standard InChI is InChI=1S/C16H24BrNO/c1-4-5-6-16(19)18-14-9-7-13(8-10-14)11-15(17)12(2)3/h7-10,12,15H,4-6,11H2,1-3H3,(H,18,19). The van der Waals surface area contributed by atoms with Crippen LogP contribution in [0.1, 0.15) is 45.6 Å². The molecule has 0 saturated heterocycles. The van der Waals surface area contributed by atoms with E-state index < -0.39 is 0 Å². The molecule has 106 valence electrons. The normalized spacial score (nSPS) is 12.5. The molecule has 0 spiro atoms. The van der Waals surface area contributed by atoms with E-state index in [4.69, 9.17) is 0 Å². The number of carbonyl (C=O) groups excluding carboxylic acids is 1. The van der Waals surface area contributed by atoms with Crippen molar-refractivity contribution in [3.8, 4) is 0 Å². The molecule has 1 amide bonds. The van der Waals surface area contributed by atoms with E-state index in [1.165, 1.54) is 5.56 Å². The Balaban J connectivity index is 2.49. The van der Waals surface area contributed by atoms with Crippen molar-refractivity contribution in [2.24, 2.45) is 5.92 Å². The average molecular weight is 326 g/mol. The summed E-state index contributed by atoms with van der Waals surface area (Å²) in [4.78, 5) is 12.1. The monoisotopic (exact) mass is 325 g/mol. The highest BCUT2D eigenvalue weighted by atomic mass is 79.9. The fourth-order valence-electron chi connectivity index (χ4n) is 1.75. The van der Waals surface area contributed by atoms with Crippen LogP contribution >= 0.6 is 15.9 Å². The summed E-state index contributed by atoms with van der Waals surface area (Å²) in [6.45, 7) is 6.51. The first-order valence-electron chi connectivity index (χ1n) is 7.05. The number of hydrogen-bond acceptors (Lipinski definition) is 1. The van der Waals surface area contributed by atoms with Crippen molar-refractivity contribution in [3.63, 3.8) is 0 Å². The van der Waals surface area contributed by atoms with Crippen LogP contribution in [0.25, 0.3) is 0 Å². The number of alkyl halides is 1. The fraction of sp³-hybridized carbons (Fsp3) is 0.562. The summed E-state index contributed by atoms with van der Waals surface area (Å²) in [5.74, 6) is 0.726. The van der Waals surface area contributed by atoms with Gasteiger partial charge in [0.15, 0.2) is 0 Å². The van der Waals surface area contributed by atoms with E-state index in [1.54, 1.807) is 0 Å². The Labute approximate surface area is 125 Å². The van der Waals surface area contributed by atoms with Crippen molar-refractivity contribution >= 4 is 27.5 Å². The van der Waals surface area contributed by atoms with Crippen molar-refractivity contribution in [3.05, 3.63) is 29.8 Å². The molecule has 0 bridgehead atoms. The van der Waals surface area contributed by atoms with Crippen LogP contribution in [0.3, 0.4) is 0 Å². The molecule has 0 saturated carbocycles. The largest absolute Gasteiger partial charge is 0.326 e. The molecular weight excluding hydrogens is 302 g/mol. The molecule has 1 atom stereocenters. The molecule has 1 aromatic carbocycles. The van der Waals surface area contributed by atoms with Crippen molar-refractivity contribution in [2.45, 2.75) is 51.3 Å². The quantitative estimate of drug-likeness (QED) is 0.718. The Kier molecular flexibility index (Phi) is 7.14. The molecule has 1 unspecified atom stereocenters. The molecule has 1 aromatic rings. The van der Waals surface area contributed by atoms with Crippen LogP contribution in [0, 0.1) is 5.92 Å². The molecule has 0 aliphatic rings. The van der Waals surface area contributed by atoms with Crippen molar-refractivity contribution in [1.29, 1.82) is 0 Å². The van der Waals surface area contributed by atoms with Crippen LogP contribution in [0.15, 0.2) is 24.3 Å². The van der Waals surface area contributed by atoms with Gasteiger partial charge in [-0.2, -0.15) is 0 Å². The highest BCUT2D eigenvalue weighted by molar-refractivity contribution is 9.09. The first kappa shape index (κ1) is 16.2. The first-order chi connectivity index (χ1) is 9.02. The van der Waals surface area contributed by atoms with Gasteiger partial charge in [-0.05, 0) is 36.5 Å². The predicted molar refractivity (Wildman–Crippen MR) is 85.9 cm³/mol. The maximum absolute atomic E-state index is 11.6. The molecule has 19 heavy (non-hydrogen) atoms. The van der Waals surface area contributed by atoms with Crippen LogP contribution in [-0.2, 0) is 11.2 Å². The second-order valence-electron chi connectivity index (χ2n) is 5.31. The number of rotatable bonds is 7. The number of halogens is 1. The fourth-order valence-corrected chi connectivity index (χ4v) is 2.12. The van der Waals surface area contributed by atoms with Gasteiger partial charge in [0, 0.05) is 16.9 Å². The van der Waals surface area contributed by atoms with Crippen molar-refractivity contribution < 1.29 is 4.79 Å². The van der Waals surface area contributed by atoms with E-state index in [0.29, 0.717) is 17.2 Å². The summed E-state index contributed by atoms with van der Waals surface area (Å²) in [6, 6.07) is 8.15. The number of unbranched alkanes of at least 4 members (excludes halogenated alkanes) is 1. The lowest BCUT2D eigenvalue weighted by atomic mass is 10.0. The van der Waals surface area contributed by atoms with E-state index in [1.807, 2.05) is 12.1 Å². The van der Waals surface area contributed by atoms with Gasteiger partial charge in [0.2, 0.25) is 5.91 Å². The average Bonchev–Trinajstić information content (AvgIpc) is 2.38. The number of amides is 1. The molecule has 0 aliphatic carbocycles. The molecule has 0 fully saturated rings. The minimum absolute atomic E-state index is 0.107. The lowest BCUT2D eigenvalue weighted by Gasteiger charge is -2.14. The van der Waals surface area contributed by atoms with E-state index in [9.17, 15) is 4.79 Å². The van der Waals surface area contributed by atoms with E-state index in [2.05, 4.69) is 54.2 Å². The van der Waals surface area contributed by atoms with Gasteiger partial charge >= 0.3 is 0 Å². The summed E-state index contributed by atoms with van der Waals surface area (Å²) in [7, 11) is 0. The molecule has 0 heterocycles. The van der Waals surface area contributed by atoms with Gasteiger partial charge in [0.05, 0.1) is 0 Å². The van der Waals surface area contributed by atoms with E-state index in [0.717, 1.165) is 24.9 Å². The maximum Gasteiger partial charge on any atom is 0.224 e. The second kappa shape index (κ2) is 8.36. The third kappa shape index (κ3) is 6.24. The number of carbonyl (C=O) groups is 1. The lowest BCUT2D eigenvalue weighted by Crippen LogP contribution is -2.12. The SMILES string of the molecule is CCCCC(=O)Nc1ccc(CC(Br)C(C)C)cc1. The van der Waals surface area contributed by atoms with Gasteiger partial charge in [0.1, 0.15) is 0 Å². The Bertz CT molecular complexity index is 386. The molecule has 1 rings (SSSR count). The predicted octanol–water partition coefficient (Wildman–Crippen LogP) is 4.78. The van der Waals surface area contributed by atoms with Crippen LogP contribution in [0.5, 0.6) is 0 Å². The summed E-state index contributed by atoms with van der Waals surface area (Å²) in [5, 5.41) is 2.93. The Hall–Kier alpha value is -0.830. The topological polar surface area (TPSA) is 29.1 Å². The summed E-state index contributed by atoms with van der Waals surface area (Å²) >= 11 is 3.70. The van der Waals surface area contributed by atoms with Crippen molar-refractivity contribution in [1.82, 2.24) is 0 Å². The highest BCUT2D eigenvalue weighted by Gasteiger charge is 2.10. The molecule has 2 nitrogen and oxygen atoms in total. The van der Waals surface area contributed by atoms with E-state index >= 15 is 0 Å². The Morgan fingerprint density at radius 2 is 1.89 bits per heavy atom. The zero-order valence-electron chi connectivity index (χ0n) is 12.1. The highest BCUT2D eigenvalue weighted by Crippen LogP contribution is 2.19. The van der Waals surface area contributed by atoms with Gasteiger partial charge in [-0.3, -0.25) is 4.79 Å². The second-order valence-corrected chi connectivity index (χ2v) is 6.49. The van der Waals surface area contributed by atoms with Crippen LogP contribution in [0.2, 0.25) is 0 Å². The van der Waals surface area contributed by atoms with Crippen LogP contribution < -0.4 is 5.32 Å². The summed E-state index contributed by atoms with van der Waals surface area (Å²) in [5.41, 5.74) is 2.18. The molecule has 1 N–H and O–H groups in total. The number of anilines is 1. The summed E-state index contributed by atoms with van der Waals surface area (Å²) in [6.07, 6.45) is 3.62. The molecular formula is C16H24BrNO. The maximum atomic E-state index is 11.6. The third-order valence-corrected chi connectivity index (χ3v) is 4.53. The Morgan fingerprint density at radius 3 is 2.42 bits per heavy atom. The first-order valence-corrected chi connectivity index (χ1v) is 7.97. The molecule has 0 aliphatic heterocycles. The molecule has 3 heteroatoms. The van der Waals surface area contributed by atoms with Gasteiger partial charge in [-0.15, -0.1) is 0 Å². The van der Waals surface area contributed by atoms with Crippen LogP contribution in [0.4, 0.5) is 5.69 Å². The van der Waals surface area contributed by atoms with Crippen molar-refractivity contribution in [2.75, 3.05) is 5.32 Å².